The molecule has 0 aromatic carbocycles. The van der Waals surface area contributed by atoms with Crippen LogP contribution >= 0.6 is 15.9 Å². The lowest BCUT2D eigenvalue weighted by Gasteiger charge is -2.31. The molecule has 0 amide bonds. The predicted octanol–water partition coefficient (Wildman–Crippen LogP) is 0.424. The first-order chi connectivity index (χ1) is 7.79. The standard InChI is InChI=1S/C9H11BrN4O2/c10-7-3-11-9(12-4-7)14-5-8(6-14)13-16-2-1-15/h3-4,15H,1-2,5-6H2. The van der Waals surface area contributed by atoms with Gasteiger partial charge in [-0.05, 0) is 15.9 Å². The van der Waals surface area contributed by atoms with Crippen molar-refractivity contribution in [3.05, 3.63) is 16.9 Å². The topological polar surface area (TPSA) is 70.8 Å². The second-order valence-corrected chi connectivity index (χ2v) is 4.19. The first kappa shape index (κ1) is 11.3. The van der Waals surface area contributed by atoms with Gasteiger partial charge in [0.25, 0.3) is 0 Å². The molecule has 1 aromatic heterocycles. The molecule has 7 heteroatoms. The predicted molar refractivity (Wildman–Crippen MR) is 62.4 cm³/mol. The van der Waals surface area contributed by atoms with E-state index in [1.54, 1.807) is 12.4 Å². The summed E-state index contributed by atoms with van der Waals surface area (Å²) in [5.74, 6) is 0.685. The van der Waals surface area contributed by atoms with Crippen LogP contribution < -0.4 is 4.90 Å². The van der Waals surface area contributed by atoms with Crippen molar-refractivity contribution < 1.29 is 9.94 Å². The third-order valence-electron chi connectivity index (χ3n) is 2.01. The Balaban J connectivity index is 1.84. The van der Waals surface area contributed by atoms with Crippen LogP contribution in [0, 0.1) is 0 Å². The number of nitrogens with zero attached hydrogens (tertiary/aromatic N) is 4. The van der Waals surface area contributed by atoms with Gasteiger partial charge >= 0.3 is 0 Å². The zero-order chi connectivity index (χ0) is 11.4. The first-order valence-electron chi connectivity index (χ1n) is 4.80. The number of anilines is 1. The van der Waals surface area contributed by atoms with Crippen LogP contribution in [-0.2, 0) is 4.84 Å². The van der Waals surface area contributed by atoms with Crippen molar-refractivity contribution in [2.75, 3.05) is 31.2 Å². The van der Waals surface area contributed by atoms with Crippen LogP contribution in [0.3, 0.4) is 0 Å². The van der Waals surface area contributed by atoms with Gasteiger partial charge in [-0.25, -0.2) is 9.97 Å². The van der Waals surface area contributed by atoms with Crippen molar-refractivity contribution >= 4 is 27.6 Å². The summed E-state index contributed by atoms with van der Waals surface area (Å²) in [5, 5.41) is 12.4. The van der Waals surface area contributed by atoms with Gasteiger partial charge in [0.1, 0.15) is 6.61 Å². The number of halogens is 1. The Bertz CT molecular complexity index is 374. The van der Waals surface area contributed by atoms with Crippen LogP contribution in [0.15, 0.2) is 22.0 Å². The van der Waals surface area contributed by atoms with E-state index < -0.39 is 0 Å². The van der Waals surface area contributed by atoms with E-state index in [1.807, 2.05) is 4.90 Å². The average Bonchev–Trinajstić information content (AvgIpc) is 2.23. The lowest BCUT2D eigenvalue weighted by Crippen LogP contribution is -2.48. The lowest BCUT2D eigenvalue weighted by molar-refractivity contribution is 0.0975. The van der Waals surface area contributed by atoms with Gasteiger partial charge in [-0.2, -0.15) is 0 Å². The zero-order valence-electron chi connectivity index (χ0n) is 8.51. The molecule has 0 atom stereocenters. The summed E-state index contributed by atoms with van der Waals surface area (Å²) in [4.78, 5) is 15.2. The molecule has 2 heterocycles. The zero-order valence-corrected chi connectivity index (χ0v) is 10.1. The highest BCUT2D eigenvalue weighted by Crippen LogP contribution is 2.15. The first-order valence-corrected chi connectivity index (χ1v) is 5.60. The summed E-state index contributed by atoms with van der Waals surface area (Å²) in [6.07, 6.45) is 3.42. The van der Waals surface area contributed by atoms with Crippen molar-refractivity contribution in [3.8, 4) is 0 Å². The van der Waals surface area contributed by atoms with E-state index >= 15 is 0 Å². The van der Waals surface area contributed by atoms with Crippen molar-refractivity contribution in [2.45, 2.75) is 0 Å². The van der Waals surface area contributed by atoms with E-state index in [2.05, 4.69) is 31.1 Å². The molecule has 0 radical (unpaired) electrons. The highest BCUT2D eigenvalue weighted by molar-refractivity contribution is 9.10. The molecule has 1 aromatic rings. The smallest absolute Gasteiger partial charge is 0.226 e. The van der Waals surface area contributed by atoms with Crippen LogP contribution in [-0.4, -0.2) is 47.1 Å². The third-order valence-corrected chi connectivity index (χ3v) is 2.42. The molecule has 1 aliphatic rings. The summed E-state index contributed by atoms with van der Waals surface area (Å²) in [6, 6.07) is 0. The van der Waals surface area contributed by atoms with E-state index in [1.165, 1.54) is 0 Å². The second kappa shape index (κ2) is 5.22. The number of aromatic nitrogens is 2. The fourth-order valence-corrected chi connectivity index (χ4v) is 1.44. The summed E-state index contributed by atoms with van der Waals surface area (Å²) >= 11 is 3.28. The molecule has 86 valence electrons. The largest absolute Gasteiger partial charge is 0.393 e. The Labute approximate surface area is 101 Å². The fourth-order valence-electron chi connectivity index (χ4n) is 1.24. The summed E-state index contributed by atoms with van der Waals surface area (Å²) in [5.41, 5.74) is 0.931. The molecule has 16 heavy (non-hydrogen) atoms. The van der Waals surface area contributed by atoms with E-state index in [4.69, 9.17) is 9.94 Å². The molecule has 1 saturated heterocycles. The summed E-state index contributed by atoms with van der Waals surface area (Å²) < 4.78 is 0.858. The Hall–Kier alpha value is -1.21. The van der Waals surface area contributed by atoms with Crippen LogP contribution in [0.4, 0.5) is 5.95 Å². The molecular weight excluding hydrogens is 276 g/mol. The molecule has 2 rings (SSSR count). The number of oxime groups is 1. The third kappa shape index (κ3) is 2.67. The highest BCUT2D eigenvalue weighted by atomic mass is 79.9. The Morgan fingerprint density at radius 2 is 2.12 bits per heavy atom. The molecule has 1 N–H and O–H groups in total. The number of aliphatic hydroxyl groups is 1. The van der Waals surface area contributed by atoms with Gasteiger partial charge in [-0.3, -0.25) is 0 Å². The van der Waals surface area contributed by atoms with Gasteiger partial charge in [-0.15, -0.1) is 0 Å². The minimum Gasteiger partial charge on any atom is -0.393 e. The van der Waals surface area contributed by atoms with Crippen molar-refractivity contribution in [1.82, 2.24) is 9.97 Å². The van der Waals surface area contributed by atoms with E-state index in [9.17, 15) is 0 Å². The lowest BCUT2D eigenvalue weighted by atomic mass is 10.2. The normalized spacial score (nSPS) is 14.6. The van der Waals surface area contributed by atoms with Gasteiger partial charge < -0.3 is 14.8 Å². The molecule has 1 fully saturated rings. The van der Waals surface area contributed by atoms with Crippen LogP contribution in [0.2, 0.25) is 0 Å². The molecule has 0 saturated carbocycles. The van der Waals surface area contributed by atoms with Crippen molar-refractivity contribution in [2.24, 2.45) is 5.16 Å². The molecule has 1 aliphatic heterocycles. The molecule has 6 nitrogen and oxygen atoms in total. The average molecular weight is 287 g/mol. The van der Waals surface area contributed by atoms with E-state index in [-0.39, 0.29) is 13.2 Å². The van der Waals surface area contributed by atoms with Gasteiger partial charge in [0.15, 0.2) is 0 Å². The minimum absolute atomic E-state index is 0.0175. The Kier molecular flexibility index (Phi) is 3.68. The minimum atomic E-state index is -0.0175. The van der Waals surface area contributed by atoms with Crippen molar-refractivity contribution in [3.63, 3.8) is 0 Å². The summed E-state index contributed by atoms with van der Waals surface area (Å²) in [6.45, 7) is 1.56. The van der Waals surface area contributed by atoms with Gasteiger partial charge in [0.2, 0.25) is 5.95 Å². The Morgan fingerprint density at radius 3 is 2.75 bits per heavy atom. The van der Waals surface area contributed by atoms with E-state index in [0.717, 1.165) is 10.2 Å². The van der Waals surface area contributed by atoms with Crippen LogP contribution in [0.1, 0.15) is 0 Å². The maximum Gasteiger partial charge on any atom is 0.226 e. The number of aliphatic hydroxyl groups excluding tert-OH is 1. The highest BCUT2D eigenvalue weighted by Gasteiger charge is 2.24. The molecule has 0 unspecified atom stereocenters. The molecule has 0 aliphatic carbocycles. The molecule has 0 bridgehead atoms. The monoisotopic (exact) mass is 286 g/mol. The van der Waals surface area contributed by atoms with E-state index in [0.29, 0.717) is 19.0 Å². The summed E-state index contributed by atoms with van der Waals surface area (Å²) in [7, 11) is 0. The maximum atomic E-state index is 8.50. The van der Waals surface area contributed by atoms with Gasteiger partial charge in [-0.1, -0.05) is 5.16 Å². The van der Waals surface area contributed by atoms with Crippen LogP contribution in [0.25, 0.3) is 0 Å². The number of hydrogen-bond acceptors (Lipinski definition) is 6. The van der Waals surface area contributed by atoms with Crippen LogP contribution in [0.5, 0.6) is 0 Å². The Morgan fingerprint density at radius 1 is 1.44 bits per heavy atom. The quantitative estimate of drug-likeness (QED) is 0.642. The van der Waals surface area contributed by atoms with Gasteiger partial charge in [0.05, 0.1) is 29.9 Å². The second-order valence-electron chi connectivity index (χ2n) is 3.27. The number of rotatable bonds is 4. The van der Waals surface area contributed by atoms with Gasteiger partial charge in [0, 0.05) is 12.4 Å². The maximum absolute atomic E-state index is 8.50. The fraction of sp³-hybridized carbons (Fsp3) is 0.444. The molecule has 0 spiro atoms. The molecular formula is C9H11BrN4O2. The SMILES string of the molecule is OCCON=C1CN(c2ncc(Br)cn2)C1. The number of hydrogen-bond donors (Lipinski definition) is 1. The van der Waals surface area contributed by atoms with Crippen molar-refractivity contribution in [1.29, 1.82) is 0 Å².